The van der Waals surface area contributed by atoms with Crippen molar-refractivity contribution in [2.24, 2.45) is 0 Å². The maximum Gasteiger partial charge on any atom is 0.196 e. The van der Waals surface area contributed by atoms with Gasteiger partial charge in [0.2, 0.25) is 0 Å². The fraction of sp³-hybridized carbons (Fsp3) is 0.261. The first kappa shape index (κ1) is 22.6. The molecule has 31 heavy (non-hydrogen) atoms. The Morgan fingerprint density at radius 2 is 1.94 bits per heavy atom. The van der Waals surface area contributed by atoms with Crippen LogP contribution in [0.4, 0.5) is 4.39 Å². The van der Waals surface area contributed by atoms with E-state index in [1.165, 1.54) is 12.1 Å². The summed E-state index contributed by atoms with van der Waals surface area (Å²) < 4.78 is 16.0. The largest absolute Gasteiger partial charge is 0.309 e. The van der Waals surface area contributed by atoms with Gasteiger partial charge in [-0.2, -0.15) is 0 Å². The van der Waals surface area contributed by atoms with Gasteiger partial charge in [-0.3, -0.25) is 9.36 Å². The molecular weight excluding hydrogens is 417 g/mol. The Kier molecular flexibility index (Phi) is 7.53. The van der Waals surface area contributed by atoms with Crippen molar-refractivity contribution in [3.63, 3.8) is 0 Å². The van der Waals surface area contributed by atoms with Crippen LogP contribution in [0.25, 0.3) is 5.69 Å². The Hall–Kier alpha value is -3.05. The molecule has 1 N–H and O–H groups in total. The lowest BCUT2D eigenvalue weighted by atomic mass is 10.0. The van der Waals surface area contributed by atoms with Gasteiger partial charge in [-0.1, -0.05) is 23.7 Å². The molecule has 0 radical (unpaired) electrons. The minimum Gasteiger partial charge on any atom is -0.309 e. The van der Waals surface area contributed by atoms with Gasteiger partial charge in [0.05, 0.1) is 23.8 Å². The molecule has 0 aliphatic rings. The summed E-state index contributed by atoms with van der Waals surface area (Å²) in [6, 6.07) is 10.8. The third-order valence-corrected chi connectivity index (χ3v) is 4.88. The molecule has 160 valence electrons. The standard InChI is InChI=1S/C23H23ClFN5O/c1-4-5-12-26-14-21-27-28-22(15-29(2)3)30(21)20-11-10-16(25)13-18(20)23(31)17-8-6-7-9-19(17)24/h1,6-11,13,26H,5,12,14-15H2,2-3H3. The number of carbonyl (C=O) groups excluding carboxylic acids is 1. The minimum atomic E-state index is -0.518. The van der Waals surface area contributed by atoms with E-state index in [1.54, 1.807) is 34.9 Å². The highest BCUT2D eigenvalue weighted by Crippen LogP contribution is 2.26. The van der Waals surface area contributed by atoms with E-state index in [1.807, 2.05) is 19.0 Å². The van der Waals surface area contributed by atoms with Crippen LogP contribution in [0.1, 0.15) is 34.0 Å². The predicted octanol–water partition coefficient (Wildman–Crippen LogP) is 3.47. The molecule has 0 atom stereocenters. The van der Waals surface area contributed by atoms with Crippen molar-refractivity contribution in [3.05, 3.63) is 76.1 Å². The average molecular weight is 440 g/mol. The highest BCUT2D eigenvalue weighted by molar-refractivity contribution is 6.35. The molecule has 1 heterocycles. The first-order valence-electron chi connectivity index (χ1n) is 9.73. The molecule has 3 aromatic rings. The summed E-state index contributed by atoms with van der Waals surface area (Å²) in [4.78, 5) is 15.3. The highest BCUT2D eigenvalue weighted by atomic mass is 35.5. The Balaban J connectivity index is 2.11. The first-order chi connectivity index (χ1) is 14.9. The number of halogens is 2. The van der Waals surface area contributed by atoms with Gasteiger partial charge in [-0.15, -0.1) is 22.5 Å². The lowest BCUT2D eigenvalue weighted by Crippen LogP contribution is -2.21. The van der Waals surface area contributed by atoms with Crippen LogP contribution in [0.2, 0.25) is 5.02 Å². The van der Waals surface area contributed by atoms with Crippen molar-refractivity contribution in [1.82, 2.24) is 25.0 Å². The fourth-order valence-electron chi connectivity index (χ4n) is 3.17. The summed E-state index contributed by atoms with van der Waals surface area (Å²) in [5.41, 5.74) is 0.964. The molecular formula is C23H23ClFN5O. The number of terminal acetylenes is 1. The van der Waals surface area contributed by atoms with Crippen molar-refractivity contribution >= 4 is 17.4 Å². The Morgan fingerprint density at radius 3 is 2.65 bits per heavy atom. The zero-order valence-corrected chi connectivity index (χ0v) is 18.2. The lowest BCUT2D eigenvalue weighted by molar-refractivity contribution is 0.103. The van der Waals surface area contributed by atoms with Crippen LogP contribution in [0.3, 0.4) is 0 Å². The van der Waals surface area contributed by atoms with E-state index in [2.05, 4.69) is 21.4 Å². The molecule has 0 aliphatic heterocycles. The quantitative estimate of drug-likeness (QED) is 0.314. The molecule has 0 saturated carbocycles. The van der Waals surface area contributed by atoms with Crippen LogP contribution < -0.4 is 5.32 Å². The van der Waals surface area contributed by atoms with E-state index >= 15 is 0 Å². The molecule has 0 fully saturated rings. The van der Waals surface area contributed by atoms with E-state index in [4.69, 9.17) is 18.0 Å². The van der Waals surface area contributed by atoms with Crippen molar-refractivity contribution < 1.29 is 9.18 Å². The number of ketones is 1. The number of carbonyl (C=O) groups is 1. The lowest BCUT2D eigenvalue weighted by Gasteiger charge is -2.17. The molecule has 3 rings (SSSR count). The number of hydrogen-bond acceptors (Lipinski definition) is 5. The zero-order valence-electron chi connectivity index (χ0n) is 17.4. The molecule has 0 aliphatic carbocycles. The van der Waals surface area contributed by atoms with Gasteiger partial charge in [-0.25, -0.2) is 4.39 Å². The van der Waals surface area contributed by atoms with Gasteiger partial charge in [0.15, 0.2) is 17.4 Å². The predicted molar refractivity (Wildman–Crippen MR) is 119 cm³/mol. The van der Waals surface area contributed by atoms with E-state index in [0.717, 1.165) is 0 Å². The molecule has 8 heteroatoms. The molecule has 0 unspecified atom stereocenters. The van der Waals surface area contributed by atoms with Gasteiger partial charge >= 0.3 is 0 Å². The molecule has 2 aromatic carbocycles. The van der Waals surface area contributed by atoms with Crippen LogP contribution in [0.5, 0.6) is 0 Å². The number of benzene rings is 2. The van der Waals surface area contributed by atoms with E-state index in [9.17, 15) is 9.18 Å². The van der Waals surface area contributed by atoms with E-state index in [0.29, 0.717) is 54.0 Å². The number of nitrogens with zero attached hydrogens (tertiary/aromatic N) is 4. The molecule has 6 nitrogen and oxygen atoms in total. The molecule has 0 amide bonds. The summed E-state index contributed by atoms with van der Waals surface area (Å²) in [6.45, 7) is 1.48. The van der Waals surface area contributed by atoms with Crippen molar-refractivity contribution in [1.29, 1.82) is 0 Å². The SMILES string of the molecule is C#CCCNCc1nnc(CN(C)C)n1-c1ccc(F)cc1C(=O)c1ccccc1Cl. The van der Waals surface area contributed by atoms with Crippen LogP contribution >= 0.6 is 11.6 Å². The third-order valence-electron chi connectivity index (χ3n) is 4.55. The minimum absolute atomic E-state index is 0.179. The average Bonchev–Trinajstić information content (AvgIpc) is 3.12. The van der Waals surface area contributed by atoms with Crippen LogP contribution in [0, 0.1) is 18.2 Å². The summed E-state index contributed by atoms with van der Waals surface area (Å²) >= 11 is 6.24. The molecule has 1 aromatic heterocycles. The van der Waals surface area contributed by atoms with Crippen LogP contribution in [-0.4, -0.2) is 46.1 Å². The van der Waals surface area contributed by atoms with E-state index < -0.39 is 5.82 Å². The zero-order chi connectivity index (χ0) is 22.4. The number of rotatable bonds is 9. The number of aromatic nitrogens is 3. The second kappa shape index (κ2) is 10.3. The van der Waals surface area contributed by atoms with Crippen molar-refractivity contribution in [3.8, 4) is 18.0 Å². The summed E-state index contributed by atoms with van der Waals surface area (Å²) in [5, 5.41) is 12.1. The smallest absolute Gasteiger partial charge is 0.196 e. The molecule has 0 bridgehead atoms. The number of nitrogens with one attached hydrogen (secondary N) is 1. The van der Waals surface area contributed by atoms with Crippen molar-refractivity contribution in [2.45, 2.75) is 19.5 Å². The number of hydrogen-bond donors (Lipinski definition) is 1. The summed E-state index contributed by atoms with van der Waals surface area (Å²) in [5.74, 6) is 2.89. The first-order valence-corrected chi connectivity index (χ1v) is 10.1. The van der Waals surface area contributed by atoms with Crippen LogP contribution in [0.15, 0.2) is 42.5 Å². The van der Waals surface area contributed by atoms with Gasteiger partial charge < -0.3 is 10.2 Å². The Labute approximate surface area is 186 Å². The monoisotopic (exact) mass is 439 g/mol. The third kappa shape index (κ3) is 5.36. The Morgan fingerprint density at radius 1 is 1.19 bits per heavy atom. The highest BCUT2D eigenvalue weighted by Gasteiger charge is 2.22. The normalized spacial score (nSPS) is 11.0. The summed E-state index contributed by atoms with van der Waals surface area (Å²) in [6.07, 6.45) is 5.89. The second-order valence-corrected chi connectivity index (χ2v) is 7.61. The topological polar surface area (TPSA) is 63.1 Å². The van der Waals surface area contributed by atoms with Crippen molar-refractivity contribution in [2.75, 3.05) is 20.6 Å². The summed E-state index contributed by atoms with van der Waals surface area (Å²) in [7, 11) is 3.81. The molecule has 0 saturated heterocycles. The molecule has 0 spiro atoms. The van der Waals surface area contributed by atoms with Gasteiger partial charge in [0.1, 0.15) is 5.82 Å². The fourth-order valence-corrected chi connectivity index (χ4v) is 3.39. The second-order valence-electron chi connectivity index (χ2n) is 7.21. The maximum atomic E-state index is 14.2. The van der Waals surface area contributed by atoms with E-state index in [-0.39, 0.29) is 11.3 Å². The maximum absolute atomic E-state index is 14.2. The van der Waals surface area contributed by atoms with Gasteiger partial charge in [-0.05, 0) is 44.4 Å². The Bertz CT molecular complexity index is 1120. The van der Waals surface area contributed by atoms with Gasteiger partial charge in [0, 0.05) is 24.1 Å². The van der Waals surface area contributed by atoms with Crippen LogP contribution in [-0.2, 0) is 13.1 Å². The van der Waals surface area contributed by atoms with Gasteiger partial charge in [0.25, 0.3) is 0 Å².